The van der Waals surface area contributed by atoms with E-state index in [1.54, 1.807) is 186 Å². The van der Waals surface area contributed by atoms with E-state index in [-0.39, 0.29) is 55.3 Å². The first-order chi connectivity index (χ1) is 46.3. The number of hydrogen-bond donors (Lipinski definition) is 5. The number of esters is 3. The number of carbonyl (C=O) groups excluding carboxylic acids is 11. The molecule has 8 amide bonds. The first-order valence-corrected chi connectivity index (χ1v) is 46.8. The van der Waals surface area contributed by atoms with Gasteiger partial charge in [-0.3, -0.25) is 40.4 Å². The number of aliphatic imine (C=N–C) groups is 4. The van der Waals surface area contributed by atoms with E-state index in [1.165, 1.54) is 30.9 Å². The molecule has 0 radical (unpaired) electrons. The normalized spacial score (nSPS) is 11.9. The maximum atomic E-state index is 11.9. The molecule has 103 heavy (non-hydrogen) atoms. The average Bonchev–Trinajstić information content (AvgIpc) is 0.890. The monoisotopic (exact) mass is 1730 g/mol. The van der Waals surface area contributed by atoms with Crippen LogP contribution < -0.4 is 21.3 Å². The van der Waals surface area contributed by atoms with E-state index in [9.17, 15) is 57.5 Å². The number of thioether (sulfide) groups is 1. The zero-order chi connectivity index (χ0) is 82.5. The third kappa shape index (κ3) is 77.2. The van der Waals surface area contributed by atoms with Crippen molar-refractivity contribution >= 4 is 124 Å². The van der Waals surface area contributed by atoms with Crippen molar-refractivity contribution in [3.05, 3.63) is 0 Å². The van der Waals surface area contributed by atoms with Gasteiger partial charge in [-0.05, 0) is 200 Å². The van der Waals surface area contributed by atoms with Gasteiger partial charge < -0.3 is 71.9 Å². The van der Waals surface area contributed by atoms with Gasteiger partial charge in [-0.1, -0.05) is 18.7 Å². The number of likely N-dealkylation sites (N-methyl/N-ethyl adjacent to an activating group) is 3. The van der Waals surface area contributed by atoms with E-state index in [1.807, 2.05) is 13.8 Å². The molecule has 39 heteroatoms. The van der Waals surface area contributed by atoms with Crippen LogP contribution in [0.15, 0.2) is 20.0 Å². The summed E-state index contributed by atoms with van der Waals surface area (Å²) < 4.78 is 54.9. The van der Waals surface area contributed by atoms with Crippen LogP contribution in [-0.2, 0) is 93.4 Å². The Morgan fingerprint density at radius 3 is 0.786 bits per heavy atom. The molecule has 0 heterocycles. The number of amides is 8. The summed E-state index contributed by atoms with van der Waals surface area (Å²) in [4.78, 5) is 157. The van der Waals surface area contributed by atoms with Gasteiger partial charge in [-0.2, -0.15) is 4.99 Å². The molecule has 0 unspecified atom stereocenters. The third-order valence-electron chi connectivity index (χ3n) is 8.56. The molecule has 0 spiro atoms. The second kappa shape index (κ2) is 51.9. The van der Waals surface area contributed by atoms with E-state index < -0.39 is 140 Å². The number of carboxylic acids is 1. The van der Waals surface area contributed by atoms with Gasteiger partial charge in [0.25, 0.3) is 0 Å². The summed E-state index contributed by atoms with van der Waals surface area (Å²) in [6, 6.07) is 0. The molecule has 0 atom stereocenters. The summed E-state index contributed by atoms with van der Waals surface area (Å²) in [6.07, 6.45) is -3.58. The fourth-order valence-electron chi connectivity index (χ4n) is 5.47. The van der Waals surface area contributed by atoms with Crippen LogP contribution >= 0.6 is 28.3 Å². The summed E-state index contributed by atoms with van der Waals surface area (Å²) in [5.41, 5.74) is -5.75. The third-order valence-corrected chi connectivity index (χ3v) is 9.14. The zero-order valence-corrected chi connectivity index (χ0v) is 74.3. The van der Waals surface area contributed by atoms with Gasteiger partial charge in [-0.25, -0.2) is 38.4 Å². The van der Waals surface area contributed by atoms with Crippen molar-refractivity contribution < 1.29 is 137 Å². The molecule has 35 nitrogen and oxygen atoms in total. The standard InChI is InChI=1S/2C16H29N3O6.C14H25N3O6.C12H22N2O4S.C6H12O2.2ClH.Hg/c2*1-9-23-11(20)10-19(8)12(17-13(21)24-15(2,3)4)18-14(22)25-16(5,6)7;1-13(2,3)22-11(20)15-10(17(7)8-9(18)19)16-12(21)23-14(4,5)6;1-11(2,3)17-9(15)13-8(19-7)14-10(16)18-12(4,5)6;1-3-5-6(7)8-4-2;;;/h2*9-10H2,1-8H3,(H,17,18,21,22);8H2,1-7H3,(H,18,19)(H,15,16,20,21);1-7H3,(H,13,14,15,16);3-5H2,1-2H3;2*1H;/q;;;;;;;+2/p-2. The predicted octanol–water partition coefficient (Wildman–Crippen LogP) is 12.3. The Bertz CT molecular complexity index is 2710. The van der Waals surface area contributed by atoms with E-state index >= 15 is 0 Å². The van der Waals surface area contributed by atoms with Crippen LogP contribution in [0, 0.1) is 0 Å². The van der Waals surface area contributed by atoms with Crippen molar-refractivity contribution in [1.29, 1.82) is 0 Å². The summed E-state index contributed by atoms with van der Waals surface area (Å²) >= 11 is -0.0231. The van der Waals surface area contributed by atoms with Crippen molar-refractivity contribution in [1.82, 2.24) is 36.0 Å². The molecule has 0 aliphatic heterocycles. The van der Waals surface area contributed by atoms with Gasteiger partial charge >= 0.3 is 111 Å². The second-order valence-electron chi connectivity index (χ2n) is 28.6. The number of carboxylic acid groups (broad SMARTS) is 1. The summed E-state index contributed by atoms with van der Waals surface area (Å²) in [5.74, 6) is -2.96. The van der Waals surface area contributed by atoms with E-state index in [0.29, 0.717) is 13.0 Å². The number of carbonyl (C=O) groups is 12. The topological polar surface area (TPSA) is 434 Å². The van der Waals surface area contributed by atoms with Crippen LogP contribution in [0.3, 0.4) is 0 Å². The van der Waals surface area contributed by atoms with E-state index in [4.69, 9.17) is 69.0 Å². The second-order valence-corrected chi connectivity index (χ2v) is 37.3. The Morgan fingerprint density at radius 1 is 0.369 bits per heavy atom. The first-order valence-electron chi connectivity index (χ1n) is 32.1. The number of nitrogens with zero attached hydrogens (tertiary/aromatic N) is 7. The molecule has 0 aromatic heterocycles. The molecule has 0 rings (SSSR count). The summed E-state index contributed by atoms with van der Waals surface area (Å²) in [6.45, 7) is 47.8. The molecule has 0 aliphatic carbocycles. The molecular formula is C64H117Cl2HgN11O24S. The van der Waals surface area contributed by atoms with Gasteiger partial charge in [-0.15, -0.1) is 15.0 Å². The van der Waals surface area contributed by atoms with Crippen LogP contribution in [0.25, 0.3) is 0 Å². The Hall–Kier alpha value is -7.21. The molecule has 0 aromatic rings. The molecule has 0 aliphatic rings. The Morgan fingerprint density at radius 2 is 0.583 bits per heavy atom. The molecule has 5 N–H and O–H groups in total. The van der Waals surface area contributed by atoms with Crippen LogP contribution in [-0.4, -0.2) is 227 Å². The summed E-state index contributed by atoms with van der Waals surface area (Å²) in [7, 11) is 14.3. The average molecular weight is 1730 g/mol. The minimum atomic E-state index is -1.16. The van der Waals surface area contributed by atoms with Crippen molar-refractivity contribution in [2.24, 2.45) is 20.0 Å². The number of amidine groups is 1. The number of ether oxygens (including phenoxy) is 11. The first kappa shape index (κ1) is 107. The van der Waals surface area contributed by atoms with Crippen LogP contribution in [0.4, 0.5) is 38.4 Å². The summed E-state index contributed by atoms with van der Waals surface area (Å²) in [5, 5.41) is 18.3. The number of guanidine groups is 3. The Labute approximate surface area is 631 Å². The predicted molar refractivity (Wildman–Crippen MR) is 388 cm³/mol. The van der Waals surface area contributed by atoms with Gasteiger partial charge in [0.1, 0.15) is 64.4 Å². The van der Waals surface area contributed by atoms with Crippen LogP contribution in [0.1, 0.15) is 207 Å². The van der Waals surface area contributed by atoms with Gasteiger partial charge in [0.15, 0.2) is 5.17 Å². The van der Waals surface area contributed by atoms with Crippen LogP contribution in [0.5, 0.6) is 0 Å². The molecule has 0 fully saturated rings. The van der Waals surface area contributed by atoms with Crippen molar-refractivity contribution in [2.75, 3.05) is 66.9 Å². The number of halogens is 2. The van der Waals surface area contributed by atoms with Gasteiger partial charge in [0, 0.05) is 27.6 Å². The number of nitrogens with one attached hydrogen (secondary N) is 4. The van der Waals surface area contributed by atoms with Crippen LogP contribution in [0.2, 0.25) is 0 Å². The fourth-order valence-corrected chi connectivity index (χ4v) is 5.82. The number of alkyl carbamates (subject to hydrolysis) is 4. The zero-order valence-electron chi connectivity index (χ0n) is 66.5. The molecule has 0 bridgehead atoms. The Balaban J connectivity index is -0.000000291. The van der Waals surface area contributed by atoms with E-state index in [0.717, 1.165) is 23.1 Å². The number of aliphatic carboxylic acids is 1. The Kier molecular flexibility index (Phi) is 53.8. The molecule has 594 valence electrons. The molecule has 0 aromatic carbocycles. The number of rotatable bonds is 11. The maximum absolute atomic E-state index is 11.9. The van der Waals surface area contributed by atoms with E-state index in [2.05, 4.69) is 46.0 Å². The van der Waals surface area contributed by atoms with Crippen molar-refractivity contribution in [2.45, 2.75) is 252 Å². The minimum absolute atomic E-state index is 0.0880. The SMILES string of the molecule is CCCC(=O)OCC.CCOC(=O)CN(C)C(=NC(=O)OC(C)(C)C)NC(=O)OC(C)(C)C.CCOC(=O)CN(C)C(=NC(=O)OC(C)(C)C)NC(=O)OC(C)(C)C.CN(CC(=O)O)C(=NC(=O)OC(C)(C)C)NC(=O)OC(C)(C)C.CSC(=NC(=O)OC(C)(C)C)NC(=O)OC(C)(C)C.[Cl][Hg][Cl]. The van der Waals surface area contributed by atoms with Crippen molar-refractivity contribution in [3.8, 4) is 0 Å². The quantitative estimate of drug-likeness (QED) is 0.0422. The molecule has 0 saturated carbocycles. The molecular weight excluding hydrogens is 1610 g/mol. The number of hydrogen-bond acceptors (Lipinski definition) is 24. The van der Waals surface area contributed by atoms with Gasteiger partial charge in [0.05, 0.1) is 19.8 Å². The molecule has 0 saturated heterocycles. The van der Waals surface area contributed by atoms with Crippen molar-refractivity contribution in [3.63, 3.8) is 0 Å². The van der Waals surface area contributed by atoms with Gasteiger partial charge in [0.2, 0.25) is 17.9 Å². The fraction of sp³-hybridized carbons (Fsp3) is 0.750.